The smallest absolute Gasteiger partial charge is 0.226 e. The Labute approximate surface area is 173 Å². The number of methoxy groups -OCH3 is 1. The van der Waals surface area contributed by atoms with Gasteiger partial charge in [0.1, 0.15) is 5.75 Å². The molecule has 6 heteroatoms. The molecule has 29 heavy (non-hydrogen) atoms. The van der Waals surface area contributed by atoms with E-state index in [1.54, 1.807) is 18.1 Å². The number of benzene rings is 2. The fraction of sp³-hybridized carbons (Fsp3) is 0.391. The molecule has 0 spiro atoms. The van der Waals surface area contributed by atoms with Gasteiger partial charge in [-0.3, -0.25) is 9.59 Å². The number of carbonyl (C=O) groups excluding carboxylic acids is 2. The molecule has 0 aliphatic carbocycles. The van der Waals surface area contributed by atoms with E-state index in [4.69, 9.17) is 4.74 Å². The molecule has 2 aromatic rings. The third kappa shape index (κ3) is 5.98. The molecule has 1 N–H and O–H groups in total. The lowest BCUT2D eigenvalue weighted by Crippen LogP contribution is -2.32. The number of hydrogen-bond acceptors (Lipinski definition) is 4. The summed E-state index contributed by atoms with van der Waals surface area (Å²) in [7, 11) is 1.58. The number of rotatable bonds is 9. The second-order valence-corrected chi connectivity index (χ2v) is 6.84. The van der Waals surface area contributed by atoms with E-state index in [-0.39, 0.29) is 18.2 Å². The molecule has 6 nitrogen and oxygen atoms in total. The zero-order chi connectivity index (χ0) is 21.4. The van der Waals surface area contributed by atoms with Crippen LogP contribution >= 0.6 is 0 Å². The maximum absolute atomic E-state index is 12.5. The zero-order valence-corrected chi connectivity index (χ0v) is 18.0. The van der Waals surface area contributed by atoms with Gasteiger partial charge in [-0.25, -0.2) is 0 Å². The van der Waals surface area contributed by atoms with Gasteiger partial charge in [0.2, 0.25) is 11.8 Å². The van der Waals surface area contributed by atoms with Crippen molar-refractivity contribution in [3.63, 3.8) is 0 Å². The van der Waals surface area contributed by atoms with Crippen molar-refractivity contribution in [2.24, 2.45) is 0 Å². The quantitative estimate of drug-likeness (QED) is 0.688. The van der Waals surface area contributed by atoms with Crippen molar-refractivity contribution in [1.82, 2.24) is 0 Å². The molecule has 2 rings (SSSR count). The Balaban J connectivity index is 2.03. The van der Waals surface area contributed by atoms with E-state index in [0.717, 1.165) is 30.0 Å². The highest BCUT2D eigenvalue weighted by atomic mass is 16.5. The van der Waals surface area contributed by atoms with Gasteiger partial charge in [0.25, 0.3) is 0 Å². The number of hydrogen-bond donors (Lipinski definition) is 1. The average Bonchev–Trinajstić information content (AvgIpc) is 2.71. The molecular weight excluding hydrogens is 366 g/mol. The molecule has 156 valence electrons. The highest BCUT2D eigenvalue weighted by molar-refractivity contribution is 5.95. The van der Waals surface area contributed by atoms with Crippen LogP contribution in [0.4, 0.5) is 17.1 Å². The van der Waals surface area contributed by atoms with Gasteiger partial charge in [-0.15, -0.1) is 0 Å². The first kappa shape index (κ1) is 22.3. The fourth-order valence-electron chi connectivity index (χ4n) is 3.25. The molecule has 0 aromatic heterocycles. The molecular formula is C23H31N3O3. The van der Waals surface area contributed by atoms with Gasteiger partial charge >= 0.3 is 0 Å². The van der Waals surface area contributed by atoms with Crippen LogP contribution in [0.2, 0.25) is 0 Å². The predicted octanol–water partition coefficient (Wildman–Crippen LogP) is 4.23. The summed E-state index contributed by atoms with van der Waals surface area (Å²) in [6.07, 6.45) is 0.202. The van der Waals surface area contributed by atoms with Crippen LogP contribution in [0, 0.1) is 6.92 Å². The van der Waals surface area contributed by atoms with Crippen molar-refractivity contribution in [1.29, 1.82) is 0 Å². The van der Waals surface area contributed by atoms with Crippen LogP contribution in [0.25, 0.3) is 0 Å². The van der Waals surface area contributed by atoms with Crippen LogP contribution in [0.3, 0.4) is 0 Å². The Morgan fingerprint density at radius 2 is 1.76 bits per heavy atom. The number of anilines is 3. The molecule has 2 aromatic carbocycles. The van der Waals surface area contributed by atoms with Gasteiger partial charge in [-0.05, 0) is 56.7 Å². The van der Waals surface area contributed by atoms with Crippen LogP contribution in [0.15, 0.2) is 42.5 Å². The van der Waals surface area contributed by atoms with Crippen molar-refractivity contribution in [3.8, 4) is 5.75 Å². The molecule has 0 unspecified atom stereocenters. The van der Waals surface area contributed by atoms with Gasteiger partial charge < -0.3 is 19.9 Å². The second-order valence-electron chi connectivity index (χ2n) is 6.84. The van der Waals surface area contributed by atoms with E-state index in [0.29, 0.717) is 18.0 Å². The van der Waals surface area contributed by atoms with Gasteiger partial charge in [0, 0.05) is 56.1 Å². The molecule has 0 aliphatic heterocycles. The van der Waals surface area contributed by atoms with Crippen molar-refractivity contribution < 1.29 is 14.3 Å². The first-order chi connectivity index (χ1) is 13.9. The van der Waals surface area contributed by atoms with E-state index in [2.05, 4.69) is 30.1 Å². The first-order valence-electron chi connectivity index (χ1n) is 9.97. The maximum atomic E-state index is 12.5. The Morgan fingerprint density at radius 1 is 1.03 bits per heavy atom. The summed E-state index contributed by atoms with van der Waals surface area (Å²) in [6.45, 7) is 9.90. The van der Waals surface area contributed by atoms with Crippen LogP contribution < -0.4 is 19.9 Å². The van der Waals surface area contributed by atoms with Crippen molar-refractivity contribution in [3.05, 3.63) is 48.0 Å². The van der Waals surface area contributed by atoms with Crippen molar-refractivity contribution in [2.75, 3.05) is 41.9 Å². The molecule has 0 radical (unpaired) electrons. The minimum atomic E-state index is -0.127. The summed E-state index contributed by atoms with van der Waals surface area (Å²) in [4.78, 5) is 28.4. The van der Waals surface area contributed by atoms with Gasteiger partial charge in [0.15, 0.2) is 0 Å². The summed E-state index contributed by atoms with van der Waals surface area (Å²) in [5, 5.41) is 2.96. The molecule has 2 amide bonds. The minimum absolute atomic E-state index is 0.120. The van der Waals surface area contributed by atoms with E-state index in [1.165, 1.54) is 6.92 Å². The number of ether oxygens (including phenoxy) is 1. The molecule has 0 saturated heterocycles. The molecule has 0 aliphatic rings. The lowest BCUT2D eigenvalue weighted by molar-refractivity contribution is -0.117. The number of carbonyl (C=O) groups is 2. The van der Waals surface area contributed by atoms with E-state index in [1.807, 2.05) is 37.3 Å². The van der Waals surface area contributed by atoms with Crippen molar-refractivity contribution >= 4 is 28.9 Å². The SMILES string of the molecule is CCN(CC)c1ccc(NC(=O)CCN(C(C)=O)c2cccc(OC)c2)c(C)c1. The highest BCUT2D eigenvalue weighted by Crippen LogP contribution is 2.24. The summed E-state index contributed by atoms with van der Waals surface area (Å²) < 4.78 is 5.22. The molecule has 0 atom stereocenters. The predicted molar refractivity (Wildman–Crippen MR) is 119 cm³/mol. The molecule has 0 fully saturated rings. The van der Waals surface area contributed by atoms with Crippen molar-refractivity contribution in [2.45, 2.75) is 34.1 Å². The number of nitrogens with one attached hydrogen (secondary N) is 1. The van der Waals surface area contributed by atoms with Gasteiger partial charge in [0.05, 0.1) is 7.11 Å². The lowest BCUT2D eigenvalue weighted by Gasteiger charge is -2.23. The summed E-state index contributed by atoms with van der Waals surface area (Å²) >= 11 is 0. The zero-order valence-electron chi connectivity index (χ0n) is 18.0. The van der Waals surface area contributed by atoms with Gasteiger partial charge in [-0.2, -0.15) is 0 Å². The Kier molecular flexibility index (Phi) is 8.07. The number of aryl methyl sites for hydroxylation is 1. The van der Waals surface area contributed by atoms with Gasteiger partial charge in [-0.1, -0.05) is 6.07 Å². The molecule has 0 heterocycles. The largest absolute Gasteiger partial charge is 0.497 e. The van der Waals surface area contributed by atoms with Crippen LogP contribution in [-0.4, -0.2) is 38.6 Å². The Morgan fingerprint density at radius 3 is 2.34 bits per heavy atom. The van der Waals surface area contributed by atoms with E-state index in [9.17, 15) is 9.59 Å². The Hall–Kier alpha value is -3.02. The maximum Gasteiger partial charge on any atom is 0.226 e. The van der Waals surface area contributed by atoms with Crippen LogP contribution in [-0.2, 0) is 9.59 Å². The summed E-state index contributed by atoms with van der Waals surface area (Å²) in [5.74, 6) is 0.422. The third-order valence-corrected chi connectivity index (χ3v) is 4.92. The molecule has 0 bridgehead atoms. The first-order valence-corrected chi connectivity index (χ1v) is 9.97. The lowest BCUT2D eigenvalue weighted by atomic mass is 10.1. The molecule has 0 saturated carbocycles. The summed E-state index contributed by atoms with van der Waals surface area (Å²) in [6, 6.07) is 13.3. The monoisotopic (exact) mass is 397 g/mol. The van der Waals surface area contributed by atoms with Crippen LogP contribution in [0.1, 0.15) is 32.8 Å². The fourth-order valence-corrected chi connectivity index (χ4v) is 3.25. The minimum Gasteiger partial charge on any atom is -0.497 e. The second kappa shape index (κ2) is 10.5. The van der Waals surface area contributed by atoms with Crippen LogP contribution in [0.5, 0.6) is 5.75 Å². The topological polar surface area (TPSA) is 61.9 Å². The third-order valence-electron chi connectivity index (χ3n) is 4.92. The Bertz CT molecular complexity index is 847. The normalized spacial score (nSPS) is 10.4. The average molecular weight is 398 g/mol. The van der Waals surface area contributed by atoms with E-state index < -0.39 is 0 Å². The standard InChI is InChI=1S/C23H31N3O3/c1-6-25(7-2)19-11-12-22(17(3)15-19)24-23(28)13-14-26(18(4)27)20-9-8-10-21(16-20)29-5/h8-12,15-16H,6-7,13-14H2,1-5H3,(H,24,28). The number of nitrogens with zero attached hydrogens (tertiary/aromatic N) is 2. The summed E-state index contributed by atoms with van der Waals surface area (Å²) in [5.41, 5.74) is 3.66. The number of amides is 2. The van der Waals surface area contributed by atoms with E-state index >= 15 is 0 Å². The highest BCUT2D eigenvalue weighted by Gasteiger charge is 2.15.